The molecule has 30 heavy (non-hydrogen) atoms. The molecule has 4 atom stereocenters. The van der Waals surface area contributed by atoms with Crippen molar-refractivity contribution in [2.24, 2.45) is 4.99 Å². The number of fused-ring (bicyclic) bond motifs is 1. The van der Waals surface area contributed by atoms with Crippen LogP contribution in [0.2, 0.25) is 0 Å². The fraction of sp³-hybridized carbons (Fsp3) is 0.526. The molecule has 2 aliphatic rings. The SMILES string of the molecule is CCC1=NC(C)N(CC(O)C2=CC(C(F)(F)F)Nc3c2cccc3C(F)(F)F)C1Cl. The normalized spacial score (nSPS) is 26.0. The molecule has 0 spiro atoms. The number of aliphatic hydroxyl groups excluding tert-OH is 1. The average molecular weight is 456 g/mol. The van der Waals surface area contributed by atoms with Crippen LogP contribution in [-0.2, 0) is 6.18 Å². The van der Waals surface area contributed by atoms with Crippen LogP contribution < -0.4 is 5.32 Å². The van der Waals surface area contributed by atoms with Gasteiger partial charge in [0.1, 0.15) is 17.7 Å². The number of benzene rings is 1. The standard InChI is InChI=1S/C19H20ClF6N3O/c1-3-13-17(20)29(9(2)27-13)8-14(30)11-7-15(19(24,25)26)28-16-10(11)5-4-6-12(16)18(21,22)23/h4-7,9,14-15,17,28,30H,3,8H2,1-2H3. The molecule has 1 aromatic carbocycles. The van der Waals surface area contributed by atoms with E-state index >= 15 is 0 Å². The summed E-state index contributed by atoms with van der Waals surface area (Å²) in [5, 5.41) is 12.7. The minimum atomic E-state index is -4.86. The maximum atomic E-state index is 13.4. The second-order valence-electron chi connectivity index (χ2n) is 7.17. The molecule has 11 heteroatoms. The lowest BCUT2D eigenvalue weighted by atomic mass is 9.90. The summed E-state index contributed by atoms with van der Waals surface area (Å²) in [6, 6.07) is 0.675. The molecule has 0 radical (unpaired) electrons. The van der Waals surface area contributed by atoms with Crippen LogP contribution in [-0.4, -0.2) is 52.3 Å². The van der Waals surface area contributed by atoms with Crippen LogP contribution in [0.5, 0.6) is 0 Å². The van der Waals surface area contributed by atoms with Crippen LogP contribution in [0.3, 0.4) is 0 Å². The van der Waals surface area contributed by atoms with Crippen LogP contribution in [0.1, 0.15) is 31.4 Å². The molecule has 166 valence electrons. The quantitative estimate of drug-likeness (QED) is 0.386. The summed E-state index contributed by atoms with van der Waals surface area (Å²) in [5.74, 6) is 0. The van der Waals surface area contributed by atoms with Gasteiger partial charge in [-0.25, -0.2) is 0 Å². The first kappa shape index (κ1) is 22.9. The van der Waals surface area contributed by atoms with E-state index in [1.165, 1.54) is 6.07 Å². The maximum absolute atomic E-state index is 13.4. The summed E-state index contributed by atoms with van der Waals surface area (Å²) in [7, 11) is 0. The Morgan fingerprint density at radius 2 is 1.90 bits per heavy atom. The number of nitrogens with one attached hydrogen (secondary N) is 1. The van der Waals surface area contributed by atoms with E-state index in [9.17, 15) is 31.4 Å². The number of alkyl halides is 7. The molecule has 3 rings (SSSR count). The predicted octanol–water partition coefficient (Wildman–Crippen LogP) is 4.88. The first-order chi connectivity index (χ1) is 13.8. The van der Waals surface area contributed by atoms with Crippen molar-refractivity contribution in [1.29, 1.82) is 0 Å². The molecule has 4 nitrogen and oxygen atoms in total. The van der Waals surface area contributed by atoms with Gasteiger partial charge >= 0.3 is 12.4 Å². The second kappa shape index (κ2) is 8.05. The molecule has 2 aliphatic heterocycles. The van der Waals surface area contributed by atoms with E-state index in [0.717, 1.165) is 12.1 Å². The Morgan fingerprint density at radius 1 is 1.23 bits per heavy atom. The molecule has 2 heterocycles. The highest BCUT2D eigenvalue weighted by molar-refractivity contribution is 6.32. The van der Waals surface area contributed by atoms with E-state index in [2.05, 4.69) is 4.99 Å². The number of rotatable bonds is 4. The van der Waals surface area contributed by atoms with Gasteiger partial charge < -0.3 is 10.4 Å². The lowest BCUT2D eigenvalue weighted by Crippen LogP contribution is -2.43. The minimum absolute atomic E-state index is 0.132. The van der Waals surface area contributed by atoms with Crippen molar-refractivity contribution in [1.82, 2.24) is 4.90 Å². The molecule has 1 aromatic rings. The third-order valence-corrected chi connectivity index (χ3v) is 5.69. The van der Waals surface area contributed by atoms with Gasteiger partial charge in [0.05, 0.1) is 17.4 Å². The van der Waals surface area contributed by atoms with Crippen molar-refractivity contribution in [3.63, 3.8) is 0 Å². The fourth-order valence-corrected chi connectivity index (χ4v) is 4.13. The molecule has 0 saturated heterocycles. The molecule has 2 N–H and O–H groups in total. The van der Waals surface area contributed by atoms with Crippen LogP contribution >= 0.6 is 11.6 Å². The second-order valence-corrected chi connectivity index (χ2v) is 7.58. The molecule has 4 unspecified atom stereocenters. The smallest absolute Gasteiger partial charge is 0.387 e. The van der Waals surface area contributed by atoms with Gasteiger partial charge in [0, 0.05) is 17.8 Å². The molecule has 0 fully saturated rings. The highest BCUT2D eigenvalue weighted by Gasteiger charge is 2.45. The van der Waals surface area contributed by atoms with E-state index in [0.29, 0.717) is 18.2 Å². The highest BCUT2D eigenvalue weighted by Crippen LogP contribution is 2.44. The number of halogens is 7. The van der Waals surface area contributed by atoms with Crippen LogP contribution in [0.4, 0.5) is 32.0 Å². The Labute approximate surface area is 174 Å². The zero-order valence-corrected chi connectivity index (χ0v) is 16.8. The molecule has 0 bridgehead atoms. The lowest BCUT2D eigenvalue weighted by Gasteiger charge is -2.33. The van der Waals surface area contributed by atoms with Gasteiger partial charge in [0.2, 0.25) is 0 Å². The number of hydrogen-bond acceptors (Lipinski definition) is 4. The molecular formula is C19H20ClF6N3O. The first-order valence-corrected chi connectivity index (χ1v) is 9.68. The first-order valence-electron chi connectivity index (χ1n) is 9.24. The molecule has 0 saturated carbocycles. The van der Waals surface area contributed by atoms with E-state index in [4.69, 9.17) is 11.6 Å². The Balaban J connectivity index is 1.99. The lowest BCUT2D eigenvalue weighted by molar-refractivity contribution is -0.139. The summed E-state index contributed by atoms with van der Waals surface area (Å²) in [6.45, 7) is 3.38. The number of aliphatic hydroxyl groups is 1. The van der Waals surface area contributed by atoms with Crippen molar-refractivity contribution in [3.05, 3.63) is 35.4 Å². The minimum Gasteiger partial charge on any atom is -0.387 e. The van der Waals surface area contributed by atoms with Gasteiger partial charge in [-0.3, -0.25) is 9.89 Å². The summed E-state index contributed by atoms with van der Waals surface area (Å²) >= 11 is 6.33. The summed E-state index contributed by atoms with van der Waals surface area (Å²) in [6.07, 6.45) is -10.4. The van der Waals surface area contributed by atoms with E-state index in [-0.39, 0.29) is 17.7 Å². The molecule has 0 aliphatic carbocycles. The van der Waals surface area contributed by atoms with E-state index in [1.807, 2.05) is 12.2 Å². The van der Waals surface area contributed by atoms with E-state index in [1.54, 1.807) is 11.8 Å². The molecule has 0 amide bonds. The van der Waals surface area contributed by atoms with Crippen molar-refractivity contribution in [2.75, 3.05) is 11.9 Å². The number of aliphatic imine (C=N–C) groups is 1. The molecule has 0 aromatic heterocycles. The Morgan fingerprint density at radius 3 is 2.43 bits per heavy atom. The Hall–Kier alpha value is -1.78. The van der Waals surface area contributed by atoms with E-state index < -0.39 is 47.4 Å². The summed E-state index contributed by atoms with van der Waals surface area (Å²) in [5.41, 5.74) is -2.28. The Bertz CT molecular complexity index is 867. The van der Waals surface area contributed by atoms with Crippen molar-refractivity contribution in [2.45, 2.75) is 56.4 Å². The highest BCUT2D eigenvalue weighted by atomic mass is 35.5. The fourth-order valence-electron chi connectivity index (χ4n) is 3.68. The van der Waals surface area contributed by atoms with Crippen LogP contribution in [0, 0.1) is 0 Å². The average Bonchev–Trinajstić information content (AvgIpc) is 2.92. The van der Waals surface area contributed by atoms with Crippen LogP contribution in [0.15, 0.2) is 29.3 Å². The van der Waals surface area contributed by atoms with Gasteiger partial charge in [-0.2, -0.15) is 26.3 Å². The topological polar surface area (TPSA) is 47.9 Å². The number of β-amino-alcohol motifs (C(OH)–C–C–N with tert-alkyl or cyclic N) is 1. The van der Waals surface area contributed by atoms with Crippen molar-refractivity contribution >= 4 is 28.6 Å². The predicted molar refractivity (Wildman–Crippen MR) is 102 cm³/mol. The van der Waals surface area contributed by atoms with Gasteiger partial charge in [-0.05, 0) is 31.1 Å². The Kier molecular flexibility index (Phi) is 6.14. The molecular weight excluding hydrogens is 436 g/mol. The maximum Gasteiger partial charge on any atom is 0.418 e. The van der Waals surface area contributed by atoms with Gasteiger partial charge in [-0.15, -0.1) is 0 Å². The number of anilines is 1. The third kappa shape index (κ3) is 4.31. The van der Waals surface area contributed by atoms with Gasteiger partial charge in [-0.1, -0.05) is 30.7 Å². The van der Waals surface area contributed by atoms with Crippen molar-refractivity contribution in [3.8, 4) is 0 Å². The van der Waals surface area contributed by atoms with Gasteiger partial charge in [0.15, 0.2) is 0 Å². The number of para-hydroxylation sites is 1. The largest absolute Gasteiger partial charge is 0.418 e. The van der Waals surface area contributed by atoms with Crippen molar-refractivity contribution < 1.29 is 31.4 Å². The third-order valence-electron chi connectivity index (χ3n) is 5.18. The number of hydrogen-bond donors (Lipinski definition) is 2. The summed E-state index contributed by atoms with van der Waals surface area (Å²) < 4.78 is 80.4. The zero-order chi connectivity index (χ0) is 22.4. The number of nitrogens with zero attached hydrogens (tertiary/aromatic N) is 2. The van der Waals surface area contributed by atoms with Gasteiger partial charge in [0.25, 0.3) is 0 Å². The summed E-state index contributed by atoms with van der Waals surface area (Å²) in [4.78, 5) is 5.94. The monoisotopic (exact) mass is 455 g/mol. The van der Waals surface area contributed by atoms with Crippen LogP contribution in [0.25, 0.3) is 5.57 Å². The zero-order valence-electron chi connectivity index (χ0n) is 16.0.